The monoisotopic (exact) mass is 354 g/mol. The van der Waals surface area contributed by atoms with E-state index in [4.69, 9.17) is 25.7 Å². The molecule has 0 bridgehead atoms. The lowest BCUT2D eigenvalue weighted by Crippen LogP contribution is -2.25. The molecule has 0 aliphatic heterocycles. The molecular weight excluding hydrogens is 332 g/mol. The molecule has 0 aromatic carbocycles. The Hall–Kier alpha value is -2.76. The van der Waals surface area contributed by atoms with Gasteiger partial charge in [-0.15, -0.1) is 5.48 Å². The summed E-state index contributed by atoms with van der Waals surface area (Å²) in [4.78, 5) is 32.7. The van der Waals surface area contributed by atoms with Crippen molar-refractivity contribution in [2.24, 2.45) is 0 Å². The molecule has 138 valence electrons. The Balaban J connectivity index is 0. The topological polar surface area (TPSA) is 79.9 Å². The van der Waals surface area contributed by atoms with Crippen LogP contribution in [0.2, 0.25) is 0 Å². The van der Waals surface area contributed by atoms with Crippen molar-refractivity contribution in [1.29, 1.82) is 0 Å². The quantitative estimate of drug-likeness (QED) is 0.213. The van der Waals surface area contributed by atoms with Crippen molar-refractivity contribution in [2.75, 3.05) is 40.4 Å². The van der Waals surface area contributed by atoms with Crippen molar-refractivity contribution < 1.29 is 34.2 Å². The standard InChI is InChI=1S/C9H8O6.C7H14N2O/c1-4-10-13-7-9(15-12-6-3)8-14-11-5-2;1-4-10-8-6-5-7-9(2)3/h1-3,9H,7-8H2;1,8H,5-7H2,2-3H3. The fourth-order valence-electron chi connectivity index (χ4n) is 1.05. The zero-order valence-corrected chi connectivity index (χ0v) is 14.2. The van der Waals surface area contributed by atoms with Gasteiger partial charge in [-0.25, -0.2) is 0 Å². The molecule has 1 N–H and O–H groups in total. The number of hydrogen-bond acceptors (Lipinski definition) is 9. The Labute approximate surface area is 148 Å². The molecule has 0 saturated carbocycles. The summed E-state index contributed by atoms with van der Waals surface area (Å²) in [6.07, 6.45) is 26.8. The van der Waals surface area contributed by atoms with Crippen LogP contribution >= 0.6 is 0 Å². The van der Waals surface area contributed by atoms with Gasteiger partial charge in [0.05, 0.1) is 0 Å². The molecule has 0 atom stereocenters. The molecule has 0 saturated heterocycles. The van der Waals surface area contributed by atoms with Gasteiger partial charge in [0.15, 0.2) is 24.4 Å². The van der Waals surface area contributed by atoms with Gasteiger partial charge in [0.1, 0.15) is 19.3 Å². The van der Waals surface area contributed by atoms with Crippen molar-refractivity contribution in [3.63, 3.8) is 0 Å². The minimum atomic E-state index is -0.706. The maximum Gasteiger partial charge on any atom is 0.160 e. The fraction of sp³-hybridized carbons (Fsp3) is 0.500. The molecule has 0 unspecified atom stereocenters. The van der Waals surface area contributed by atoms with Crippen LogP contribution in [0.1, 0.15) is 6.42 Å². The van der Waals surface area contributed by atoms with E-state index in [1.165, 1.54) is 0 Å². The molecule has 0 aromatic rings. The summed E-state index contributed by atoms with van der Waals surface area (Å²) >= 11 is 0. The van der Waals surface area contributed by atoms with Crippen LogP contribution in [0.4, 0.5) is 0 Å². The second-order valence-electron chi connectivity index (χ2n) is 4.16. The van der Waals surface area contributed by atoms with E-state index in [2.05, 4.69) is 44.5 Å². The van der Waals surface area contributed by atoms with Gasteiger partial charge >= 0.3 is 0 Å². The van der Waals surface area contributed by atoms with Crippen LogP contribution in [-0.4, -0.2) is 51.4 Å². The first kappa shape index (κ1) is 24.5. The molecule has 0 aromatic heterocycles. The van der Waals surface area contributed by atoms with Gasteiger partial charge in [0.2, 0.25) is 0 Å². The lowest BCUT2D eigenvalue weighted by Gasteiger charge is -2.11. The van der Waals surface area contributed by atoms with E-state index in [0.29, 0.717) is 0 Å². The van der Waals surface area contributed by atoms with Gasteiger partial charge in [-0.3, -0.25) is 14.7 Å². The molecule has 0 heterocycles. The first-order valence-corrected chi connectivity index (χ1v) is 6.87. The molecule has 0 aliphatic rings. The lowest BCUT2D eigenvalue weighted by atomic mass is 10.4. The molecule has 0 amide bonds. The summed E-state index contributed by atoms with van der Waals surface area (Å²) in [5.41, 5.74) is 2.63. The van der Waals surface area contributed by atoms with Gasteiger partial charge in [-0.1, -0.05) is 25.7 Å². The van der Waals surface area contributed by atoms with Crippen LogP contribution in [0.25, 0.3) is 0 Å². The largest absolute Gasteiger partial charge is 0.356 e. The Morgan fingerprint density at radius 2 is 1.44 bits per heavy atom. The van der Waals surface area contributed by atoms with Crippen molar-refractivity contribution >= 4 is 0 Å². The minimum absolute atomic E-state index is 0.0835. The van der Waals surface area contributed by atoms with Crippen LogP contribution in [0.5, 0.6) is 0 Å². The third kappa shape index (κ3) is 23.6. The highest BCUT2D eigenvalue weighted by Gasteiger charge is 2.13. The molecule has 25 heavy (non-hydrogen) atoms. The zero-order chi connectivity index (χ0) is 19.2. The van der Waals surface area contributed by atoms with Crippen molar-refractivity contribution in [1.82, 2.24) is 10.4 Å². The number of nitrogens with one attached hydrogen (secondary N) is 1. The molecule has 9 nitrogen and oxygen atoms in total. The van der Waals surface area contributed by atoms with Gasteiger partial charge < -0.3 is 9.74 Å². The first-order valence-electron chi connectivity index (χ1n) is 6.87. The first-order chi connectivity index (χ1) is 12.1. The number of terminal acetylenes is 4. The van der Waals surface area contributed by atoms with Gasteiger partial charge in [-0.05, 0) is 27.1 Å². The number of hydroxylamine groups is 1. The third-order valence-electron chi connectivity index (χ3n) is 1.97. The van der Waals surface area contributed by atoms with E-state index >= 15 is 0 Å². The smallest absolute Gasteiger partial charge is 0.160 e. The van der Waals surface area contributed by atoms with Gasteiger partial charge in [-0.2, -0.15) is 14.7 Å². The van der Waals surface area contributed by atoms with Crippen LogP contribution in [0.15, 0.2) is 0 Å². The predicted octanol–water partition coefficient (Wildman–Crippen LogP) is 0.0217. The van der Waals surface area contributed by atoms with Crippen LogP contribution < -0.4 is 5.48 Å². The summed E-state index contributed by atoms with van der Waals surface area (Å²) < 4.78 is 0. The molecule has 0 spiro atoms. The summed E-state index contributed by atoms with van der Waals surface area (Å²) in [6, 6.07) is 0. The molecule has 9 heteroatoms. The summed E-state index contributed by atoms with van der Waals surface area (Å²) in [7, 11) is 4.06. The Morgan fingerprint density at radius 1 is 0.880 bits per heavy atom. The Kier molecular flexibility index (Phi) is 20.8. The van der Waals surface area contributed by atoms with E-state index in [0.717, 1.165) is 19.5 Å². The lowest BCUT2D eigenvalue weighted by molar-refractivity contribution is -0.348. The Bertz CT molecular complexity index is 437. The maximum atomic E-state index is 4.83. The molecule has 0 aliphatic carbocycles. The van der Waals surface area contributed by atoms with Gasteiger partial charge in [0, 0.05) is 6.54 Å². The fourth-order valence-corrected chi connectivity index (χ4v) is 1.05. The SMILES string of the molecule is C#CONCCCN(C)C.C#COOCC(COOC#C)OOC#C. The summed E-state index contributed by atoms with van der Waals surface area (Å²) in [5.74, 6) is 0. The van der Waals surface area contributed by atoms with Crippen LogP contribution in [0, 0.1) is 50.1 Å². The van der Waals surface area contributed by atoms with E-state index < -0.39 is 6.10 Å². The van der Waals surface area contributed by atoms with E-state index in [-0.39, 0.29) is 13.2 Å². The number of nitrogens with zero attached hydrogens (tertiary/aromatic N) is 1. The highest BCUT2D eigenvalue weighted by Crippen LogP contribution is 1.96. The number of hydrogen-bond donors (Lipinski definition) is 1. The zero-order valence-electron chi connectivity index (χ0n) is 14.2. The van der Waals surface area contributed by atoms with Gasteiger partial charge in [0.25, 0.3) is 0 Å². The van der Waals surface area contributed by atoms with Crippen molar-refractivity contribution in [3.05, 3.63) is 0 Å². The summed E-state index contributed by atoms with van der Waals surface area (Å²) in [5, 5.41) is 0. The van der Waals surface area contributed by atoms with Crippen LogP contribution in [0.3, 0.4) is 0 Å². The average Bonchev–Trinajstić information content (AvgIpc) is 2.59. The second-order valence-corrected chi connectivity index (χ2v) is 4.16. The highest BCUT2D eigenvalue weighted by atomic mass is 17.2. The third-order valence-corrected chi connectivity index (χ3v) is 1.97. The molecule has 0 radical (unpaired) electrons. The molecule has 0 fully saturated rings. The van der Waals surface area contributed by atoms with E-state index in [1.54, 1.807) is 18.3 Å². The number of rotatable bonds is 13. The van der Waals surface area contributed by atoms with Crippen molar-refractivity contribution in [3.8, 4) is 50.1 Å². The average molecular weight is 354 g/mol. The highest BCUT2D eigenvalue weighted by molar-refractivity contribution is 4.67. The van der Waals surface area contributed by atoms with E-state index in [9.17, 15) is 0 Å². The molecular formula is C16H22N2O7. The second kappa shape index (κ2) is 21.2. The van der Waals surface area contributed by atoms with Crippen molar-refractivity contribution in [2.45, 2.75) is 12.5 Å². The normalized spacial score (nSPS) is 8.80. The van der Waals surface area contributed by atoms with Crippen LogP contribution in [-0.2, 0) is 34.2 Å². The predicted molar refractivity (Wildman–Crippen MR) is 87.6 cm³/mol. The maximum absolute atomic E-state index is 4.83. The van der Waals surface area contributed by atoms with E-state index in [1.807, 2.05) is 20.2 Å². The minimum Gasteiger partial charge on any atom is -0.356 e. The molecule has 0 rings (SSSR count). The summed E-state index contributed by atoms with van der Waals surface area (Å²) in [6.45, 7) is 1.67. The Morgan fingerprint density at radius 3 is 1.88 bits per heavy atom.